The number of nitrogens with one attached hydrogen (secondary N) is 1. The lowest BCUT2D eigenvalue weighted by Crippen LogP contribution is -1.94. The van der Waals surface area contributed by atoms with E-state index >= 15 is 0 Å². The fraction of sp³-hybridized carbons (Fsp3) is 0.333. The van der Waals surface area contributed by atoms with Gasteiger partial charge in [-0.05, 0) is 18.6 Å². The predicted molar refractivity (Wildman–Crippen MR) is 45.1 cm³/mol. The van der Waals surface area contributed by atoms with Gasteiger partial charge in [0.2, 0.25) is 0 Å². The third-order valence-corrected chi connectivity index (χ3v) is 2.11. The molecule has 0 radical (unpaired) electrons. The molecule has 0 saturated heterocycles. The van der Waals surface area contributed by atoms with Crippen molar-refractivity contribution in [2.75, 3.05) is 19.0 Å². The second-order valence-electron chi connectivity index (χ2n) is 2.78. The molecular formula is C9H10FNO. The summed E-state index contributed by atoms with van der Waals surface area (Å²) in [6, 6.07) is 3.09. The quantitative estimate of drug-likeness (QED) is 0.688. The van der Waals surface area contributed by atoms with Crippen LogP contribution in [0.15, 0.2) is 12.1 Å². The Balaban J connectivity index is 2.57. The highest BCUT2D eigenvalue weighted by Gasteiger charge is 2.18. The van der Waals surface area contributed by atoms with Gasteiger partial charge in [0.1, 0.15) is 11.6 Å². The summed E-state index contributed by atoms with van der Waals surface area (Å²) in [6.45, 7) is 0.798. The van der Waals surface area contributed by atoms with E-state index in [0.717, 1.165) is 30.0 Å². The van der Waals surface area contributed by atoms with Crippen LogP contribution in [0.5, 0.6) is 5.75 Å². The Bertz CT molecular complexity index is 312. The average molecular weight is 167 g/mol. The summed E-state index contributed by atoms with van der Waals surface area (Å²) in [4.78, 5) is 0. The van der Waals surface area contributed by atoms with Crippen LogP contribution in [0.1, 0.15) is 5.56 Å². The molecule has 0 saturated carbocycles. The first-order chi connectivity index (χ1) is 5.83. The maximum absolute atomic E-state index is 13.1. The van der Waals surface area contributed by atoms with Gasteiger partial charge in [0.15, 0.2) is 0 Å². The Hall–Kier alpha value is -1.25. The summed E-state index contributed by atoms with van der Waals surface area (Å²) in [5.41, 5.74) is 1.56. The van der Waals surface area contributed by atoms with Gasteiger partial charge in [0.05, 0.1) is 12.8 Å². The molecule has 1 aliphatic rings. The molecule has 1 aliphatic heterocycles. The van der Waals surface area contributed by atoms with Crippen molar-refractivity contribution in [3.05, 3.63) is 23.5 Å². The minimum absolute atomic E-state index is 0.143. The van der Waals surface area contributed by atoms with E-state index in [9.17, 15) is 4.39 Å². The molecule has 0 unspecified atom stereocenters. The van der Waals surface area contributed by atoms with Gasteiger partial charge in [0.25, 0.3) is 0 Å². The summed E-state index contributed by atoms with van der Waals surface area (Å²) < 4.78 is 18.2. The minimum atomic E-state index is -0.143. The number of benzene rings is 1. The molecule has 0 bridgehead atoms. The molecular weight excluding hydrogens is 157 g/mol. The molecule has 0 fully saturated rings. The van der Waals surface area contributed by atoms with Crippen LogP contribution < -0.4 is 10.1 Å². The summed E-state index contributed by atoms with van der Waals surface area (Å²) in [7, 11) is 1.59. The first-order valence-electron chi connectivity index (χ1n) is 3.92. The fourth-order valence-corrected chi connectivity index (χ4v) is 1.52. The van der Waals surface area contributed by atoms with Crippen LogP contribution in [0.4, 0.5) is 10.1 Å². The first-order valence-corrected chi connectivity index (χ1v) is 3.92. The largest absolute Gasteiger partial charge is 0.495 e. The van der Waals surface area contributed by atoms with Crippen LogP contribution in [-0.2, 0) is 6.42 Å². The lowest BCUT2D eigenvalue weighted by atomic mass is 10.1. The number of halogens is 1. The van der Waals surface area contributed by atoms with Crippen LogP contribution >= 0.6 is 0 Å². The third-order valence-electron chi connectivity index (χ3n) is 2.11. The van der Waals surface area contributed by atoms with Gasteiger partial charge >= 0.3 is 0 Å². The van der Waals surface area contributed by atoms with Gasteiger partial charge in [0, 0.05) is 12.1 Å². The SMILES string of the molecule is COc1ccc(F)c2c1NCC2. The van der Waals surface area contributed by atoms with Crippen molar-refractivity contribution in [3.8, 4) is 5.75 Å². The van der Waals surface area contributed by atoms with E-state index in [0.29, 0.717) is 0 Å². The van der Waals surface area contributed by atoms with Crippen molar-refractivity contribution in [3.63, 3.8) is 0 Å². The number of ether oxygens (including phenoxy) is 1. The molecule has 0 atom stereocenters. The van der Waals surface area contributed by atoms with E-state index in [4.69, 9.17) is 4.74 Å². The third kappa shape index (κ3) is 0.932. The maximum atomic E-state index is 13.1. The molecule has 0 aliphatic carbocycles. The van der Waals surface area contributed by atoms with E-state index in [1.807, 2.05) is 0 Å². The Morgan fingerprint density at radius 3 is 3.08 bits per heavy atom. The van der Waals surface area contributed by atoms with E-state index in [2.05, 4.69) is 5.32 Å². The van der Waals surface area contributed by atoms with Gasteiger partial charge < -0.3 is 10.1 Å². The van der Waals surface area contributed by atoms with Crippen LogP contribution in [-0.4, -0.2) is 13.7 Å². The van der Waals surface area contributed by atoms with Crippen molar-refractivity contribution in [2.24, 2.45) is 0 Å². The molecule has 1 N–H and O–H groups in total. The van der Waals surface area contributed by atoms with Crippen LogP contribution in [0.2, 0.25) is 0 Å². The number of hydrogen-bond acceptors (Lipinski definition) is 2. The number of fused-ring (bicyclic) bond motifs is 1. The zero-order valence-corrected chi connectivity index (χ0v) is 6.86. The van der Waals surface area contributed by atoms with Gasteiger partial charge in [-0.1, -0.05) is 0 Å². The van der Waals surface area contributed by atoms with Crippen molar-refractivity contribution < 1.29 is 9.13 Å². The maximum Gasteiger partial charge on any atom is 0.142 e. The zero-order chi connectivity index (χ0) is 8.55. The number of anilines is 1. The van der Waals surface area contributed by atoms with E-state index in [1.54, 1.807) is 13.2 Å². The standard InChI is InChI=1S/C9H10FNO/c1-12-8-3-2-7(10)6-4-5-11-9(6)8/h2-3,11H,4-5H2,1H3. The molecule has 0 amide bonds. The predicted octanol–water partition coefficient (Wildman–Crippen LogP) is 1.80. The van der Waals surface area contributed by atoms with Crippen LogP contribution in [0.3, 0.4) is 0 Å². The molecule has 1 aromatic rings. The highest BCUT2D eigenvalue weighted by Crippen LogP contribution is 2.33. The average Bonchev–Trinajstić information content (AvgIpc) is 2.54. The van der Waals surface area contributed by atoms with Crippen molar-refractivity contribution in [2.45, 2.75) is 6.42 Å². The lowest BCUT2D eigenvalue weighted by Gasteiger charge is -2.07. The minimum Gasteiger partial charge on any atom is -0.495 e. The fourth-order valence-electron chi connectivity index (χ4n) is 1.52. The summed E-state index contributed by atoms with van der Waals surface area (Å²) >= 11 is 0. The Morgan fingerprint density at radius 1 is 1.50 bits per heavy atom. The van der Waals surface area contributed by atoms with Gasteiger partial charge in [-0.25, -0.2) is 4.39 Å². The molecule has 3 heteroatoms. The monoisotopic (exact) mass is 167 g/mol. The number of hydrogen-bond donors (Lipinski definition) is 1. The normalized spacial score (nSPS) is 13.8. The molecule has 0 spiro atoms. The van der Waals surface area contributed by atoms with Gasteiger partial charge in [-0.3, -0.25) is 0 Å². The van der Waals surface area contributed by atoms with Crippen molar-refractivity contribution >= 4 is 5.69 Å². The number of methoxy groups -OCH3 is 1. The molecule has 1 heterocycles. The van der Waals surface area contributed by atoms with E-state index in [-0.39, 0.29) is 5.82 Å². The number of rotatable bonds is 1. The second-order valence-corrected chi connectivity index (χ2v) is 2.78. The summed E-state index contributed by atoms with van der Waals surface area (Å²) in [6.07, 6.45) is 0.748. The second kappa shape index (κ2) is 2.66. The smallest absolute Gasteiger partial charge is 0.142 e. The van der Waals surface area contributed by atoms with E-state index in [1.165, 1.54) is 6.07 Å². The highest BCUT2D eigenvalue weighted by molar-refractivity contribution is 5.65. The summed E-state index contributed by atoms with van der Waals surface area (Å²) in [5, 5.41) is 3.10. The first kappa shape index (κ1) is 7.40. The highest BCUT2D eigenvalue weighted by atomic mass is 19.1. The lowest BCUT2D eigenvalue weighted by molar-refractivity contribution is 0.415. The van der Waals surface area contributed by atoms with Gasteiger partial charge in [-0.2, -0.15) is 0 Å². The topological polar surface area (TPSA) is 21.3 Å². The molecule has 2 rings (SSSR count). The van der Waals surface area contributed by atoms with Crippen LogP contribution in [0.25, 0.3) is 0 Å². The molecule has 0 aromatic heterocycles. The Labute approximate surface area is 70.3 Å². The molecule has 2 nitrogen and oxygen atoms in total. The molecule has 64 valence electrons. The van der Waals surface area contributed by atoms with Crippen molar-refractivity contribution in [1.29, 1.82) is 0 Å². The van der Waals surface area contributed by atoms with Crippen LogP contribution in [0, 0.1) is 5.82 Å². The van der Waals surface area contributed by atoms with Crippen molar-refractivity contribution in [1.82, 2.24) is 0 Å². The van der Waals surface area contributed by atoms with Gasteiger partial charge in [-0.15, -0.1) is 0 Å². The zero-order valence-electron chi connectivity index (χ0n) is 6.86. The Morgan fingerprint density at radius 2 is 2.33 bits per heavy atom. The van der Waals surface area contributed by atoms with E-state index < -0.39 is 0 Å². The molecule has 1 aromatic carbocycles. The summed E-state index contributed by atoms with van der Waals surface area (Å²) in [5.74, 6) is 0.583. The molecule has 12 heavy (non-hydrogen) atoms. The Kier molecular flexibility index (Phi) is 1.64.